The summed E-state index contributed by atoms with van der Waals surface area (Å²) in [6, 6.07) is -5.59. The molecule has 15 heteroatoms. The summed E-state index contributed by atoms with van der Waals surface area (Å²) in [4.78, 5) is 82.8. The first-order valence-corrected chi connectivity index (χ1v) is 10.4. The molecule has 0 bridgehead atoms. The summed E-state index contributed by atoms with van der Waals surface area (Å²) in [6.07, 6.45) is -1.87. The highest BCUT2D eigenvalue weighted by Crippen LogP contribution is 2.19. The number of carbonyl (C=O) groups is 7. The van der Waals surface area contributed by atoms with E-state index in [1.165, 1.54) is 0 Å². The Morgan fingerprint density at radius 2 is 1.44 bits per heavy atom. The van der Waals surface area contributed by atoms with E-state index in [-0.39, 0.29) is 25.8 Å². The van der Waals surface area contributed by atoms with Gasteiger partial charge < -0.3 is 41.7 Å². The van der Waals surface area contributed by atoms with Gasteiger partial charge in [-0.3, -0.25) is 28.8 Å². The van der Waals surface area contributed by atoms with Crippen LogP contribution in [-0.2, 0) is 33.6 Å². The Morgan fingerprint density at radius 3 is 1.97 bits per heavy atom. The van der Waals surface area contributed by atoms with Gasteiger partial charge in [-0.1, -0.05) is 0 Å². The lowest BCUT2D eigenvalue weighted by molar-refractivity contribution is -0.145. The molecule has 15 nitrogen and oxygen atoms in total. The van der Waals surface area contributed by atoms with Crippen molar-refractivity contribution in [2.45, 2.75) is 69.1 Å². The zero-order valence-corrected chi connectivity index (χ0v) is 18.1. The molecule has 1 aliphatic rings. The molecule has 8 N–H and O–H groups in total. The first-order chi connectivity index (χ1) is 15.8. The highest BCUT2D eigenvalue weighted by atomic mass is 16.4. The summed E-state index contributed by atoms with van der Waals surface area (Å²) in [5.74, 6) is -8.16. The number of likely N-dealkylation sites (tertiary alicyclic amines) is 1. The Morgan fingerprint density at radius 1 is 0.853 bits per heavy atom. The summed E-state index contributed by atoms with van der Waals surface area (Å²) >= 11 is 0. The fraction of sp³-hybridized carbons (Fsp3) is 0.632. The van der Waals surface area contributed by atoms with Gasteiger partial charge in [-0.05, 0) is 25.7 Å². The second-order valence-corrected chi connectivity index (χ2v) is 7.72. The fourth-order valence-corrected chi connectivity index (χ4v) is 3.37. The molecule has 0 aromatic carbocycles. The number of nitrogens with one attached hydrogen (secondary N) is 2. The number of carboxylic acid groups (broad SMARTS) is 4. The summed E-state index contributed by atoms with van der Waals surface area (Å²) in [6.45, 7) is 0.143. The lowest BCUT2D eigenvalue weighted by Gasteiger charge is -2.28. The summed E-state index contributed by atoms with van der Waals surface area (Å²) in [5, 5.41) is 39.9. The van der Waals surface area contributed by atoms with Crippen LogP contribution in [0.15, 0.2) is 0 Å². The highest BCUT2D eigenvalue weighted by Gasteiger charge is 2.38. The van der Waals surface area contributed by atoms with Gasteiger partial charge in [0.15, 0.2) is 0 Å². The lowest BCUT2D eigenvalue weighted by Crippen LogP contribution is -2.57. The Kier molecular flexibility index (Phi) is 10.9. The molecule has 0 spiro atoms. The van der Waals surface area contributed by atoms with Crippen LogP contribution in [0.4, 0.5) is 0 Å². The van der Waals surface area contributed by atoms with Crippen molar-refractivity contribution in [1.29, 1.82) is 0 Å². The van der Waals surface area contributed by atoms with Crippen molar-refractivity contribution in [1.82, 2.24) is 15.5 Å². The number of nitrogens with zero attached hydrogens (tertiary/aromatic N) is 1. The molecule has 4 atom stereocenters. The van der Waals surface area contributed by atoms with Crippen LogP contribution in [0.2, 0.25) is 0 Å². The number of amides is 3. The topological polar surface area (TPSA) is 254 Å². The molecule has 1 aliphatic heterocycles. The fourth-order valence-electron chi connectivity index (χ4n) is 3.37. The van der Waals surface area contributed by atoms with Crippen molar-refractivity contribution in [2.75, 3.05) is 6.54 Å². The van der Waals surface area contributed by atoms with Gasteiger partial charge in [0.2, 0.25) is 17.7 Å². The Balaban J connectivity index is 2.90. The van der Waals surface area contributed by atoms with Crippen LogP contribution in [0.25, 0.3) is 0 Å². The van der Waals surface area contributed by atoms with E-state index in [2.05, 4.69) is 5.32 Å². The largest absolute Gasteiger partial charge is 0.481 e. The van der Waals surface area contributed by atoms with Crippen LogP contribution < -0.4 is 16.4 Å². The number of rotatable bonds is 14. The number of nitrogens with two attached hydrogens (primary N) is 1. The monoisotopic (exact) mass is 488 g/mol. The van der Waals surface area contributed by atoms with Gasteiger partial charge in [-0.25, -0.2) is 4.79 Å². The van der Waals surface area contributed by atoms with E-state index in [1.807, 2.05) is 5.32 Å². The molecule has 1 heterocycles. The molecule has 0 aromatic rings. The second-order valence-electron chi connectivity index (χ2n) is 7.72. The van der Waals surface area contributed by atoms with Crippen molar-refractivity contribution in [3.63, 3.8) is 0 Å². The minimum Gasteiger partial charge on any atom is -0.481 e. The Hall–Kier alpha value is -3.75. The van der Waals surface area contributed by atoms with E-state index in [0.29, 0.717) is 6.42 Å². The molecule has 0 radical (unpaired) electrons. The number of hydrogen-bond donors (Lipinski definition) is 7. The maximum atomic E-state index is 12.8. The number of hydrogen-bond acceptors (Lipinski definition) is 8. The van der Waals surface area contributed by atoms with Crippen molar-refractivity contribution in [3.05, 3.63) is 0 Å². The Bertz CT molecular complexity index is 831. The van der Waals surface area contributed by atoms with Crippen molar-refractivity contribution < 1.29 is 54.0 Å². The first kappa shape index (κ1) is 28.3. The third-order valence-corrected chi connectivity index (χ3v) is 5.10. The quantitative estimate of drug-likeness (QED) is 0.135. The number of aliphatic carboxylic acids is 4. The third kappa shape index (κ3) is 9.01. The summed E-state index contributed by atoms with van der Waals surface area (Å²) < 4.78 is 0. The molecule has 1 rings (SSSR count). The molecule has 34 heavy (non-hydrogen) atoms. The predicted octanol–water partition coefficient (Wildman–Crippen LogP) is -2.44. The minimum atomic E-state index is -1.70. The van der Waals surface area contributed by atoms with Gasteiger partial charge in [0.1, 0.15) is 18.1 Å². The van der Waals surface area contributed by atoms with Crippen LogP contribution in [0, 0.1) is 0 Å². The smallest absolute Gasteiger partial charge is 0.326 e. The van der Waals surface area contributed by atoms with Crippen LogP contribution in [-0.4, -0.2) is 97.6 Å². The maximum Gasteiger partial charge on any atom is 0.326 e. The molecular formula is C19H28N4O11. The first-order valence-electron chi connectivity index (χ1n) is 10.4. The van der Waals surface area contributed by atoms with Gasteiger partial charge in [-0.15, -0.1) is 0 Å². The zero-order chi connectivity index (χ0) is 26.0. The van der Waals surface area contributed by atoms with E-state index in [4.69, 9.17) is 21.1 Å². The predicted molar refractivity (Wildman–Crippen MR) is 110 cm³/mol. The average Bonchev–Trinajstić information content (AvgIpc) is 3.22. The molecule has 4 unspecified atom stereocenters. The second kappa shape index (κ2) is 13.1. The number of carboxylic acids is 4. The van der Waals surface area contributed by atoms with E-state index >= 15 is 0 Å². The molecule has 3 amide bonds. The van der Waals surface area contributed by atoms with Crippen LogP contribution in [0.1, 0.15) is 44.9 Å². The summed E-state index contributed by atoms with van der Waals surface area (Å²) in [7, 11) is 0. The van der Waals surface area contributed by atoms with Crippen LogP contribution in [0.5, 0.6) is 0 Å². The number of carbonyl (C=O) groups excluding carboxylic acids is 3. The lowest BCUT2D eigenvalue weighted by atomic mass is 10.1. The van der Waals surface area contributed by atoms with E-state index in [9.17, 15) is 38.7 Å². The molecule has 0 aliphatic carbocycles. The summed E-state index contributed by atoms with van der Waals surface area (Å²) in [5.41, 5.74) is 5.73. The van der Waals surface area contributed by atoms with Crippen LogP contribution in [0.3, 0.4) is 0 Å². The van der Waals surface area contributed by atoms with Gasteiger partial charge >= 0.3 is 23.9 Å². The van der Waals surface area contributed by atoms with Crippen molar-refractivity contribution in [2.24, 2.45) is 5.73 Å². The zero-order valence-electron chi connectivity index (χ0n) is 18.1. The molecule has 1 saturated heterocycles. The van der Waals surface area contributed by atoms with Gasteiger partial charge in [0.05, 0.1) is 12.5 Å². The van der Waals surface area contributed by atoms with Crippen LogP contribution >= 0.6 is 0 Å². The van der Waals surface area contributed by atoms with Crippen molar-refractivity contribution >= 4 is 41.6 Å². The molecule has 0 aromatic heterocycles. The Labute approximate surface area is 193 Å². The maximum absolute atomic E-state index is 12.8. The van der Waals surface area contributed by atoms with Gasteiger partial charge in [-0.2, -0.15) is 0 Å². The van der Waals surface area contributed by atoms with Gasteiger partial charge in [0.25, 0.3) is 0 Å². The standard InChI is InChI=1S/C19H28N4O11/c20-9(3-5-13(24)25)18(32)23-7-1-2-12(23)17(31)22-11(8-15(28)29)16(30)21-10(19(33)34)4-6-14(26)27/h9-12H,1-8,20H2,(H,21,30)(H,22,31)(H,24,25)(H,26,27)(H,28,29)(H,33,34). The average molecular weight is 488 g/mol. The molecular weight excluding hydrogens is 460 g/mol. The molecule has 1 fully saturated rings. The highest BCUT2D eigenvalue weighted by molar-refractivity contribution is 5.96. The normalized spacial score (nSPS) is 17.8. The third-order valence-electron chi connectivity index (χ3n) is 5.10. The van der Waals surface area contributed by atoms with Crippen molar-refractivity contribution in [3.8, 4) is 0 Å². The minimum absolute atomic E-state index is 0.143. The molecule has 190 valence electrons. The van der Waals surface area contributed by atoms with E-state index < -0.39 is 85.0 Å². The van der Waals surface area contributed by atoms with E-state index in [0.717, 1.165) is 4.90 Å². The molecule has 0 saturated carbocycles. The van der Waals surface area contributed by atoms with E-state index in [1.54, 1.807) is 0 Å². The van der Waals surface area contributed by atoms with Gasteiger partial charge in [0, 0.05) is 19.4 Å². The SMILES string of the molecule is NC(CCC(=O)O)C(=O)N1CCCC1C(=O)NC(CC(=O)O)C(=O)NC(CCC(=O)O)C(=O)O.